The van der Waals surface area contributed by atoms with Crippen LogP contribution in [0.2, 0.25) is 0 Å². The molecular weight excluding hydrogens is 358 g/mol. The first kappa shape index (κ1) is 17.8. The fourth-order valence-corrected chi connectivity index (χ4v) is 4.34. The van der Waals surface area contributed by atoms with E-state index in [9.17, 15) is 13.2 Å². The Bertz CT molecular complexity index is 868. The summed E-state index contributed by atoms with van der Waals surface area (Å²) in [7, 11) is -3.49. The molecule has 1 aliphatic rings. The van der Waals surface area contributed by atoms with E-state index in [0.29, 0.717) is 18.8 Å². The maximum atomic E-state index is 12.4. The van der Waals surface area contributed by atoms with Crippen molar-refractivity contribution in [1.82, 2.24) is 14.2 Å². The molecule has 1 saturated heterocycles. The van der Waals surface area contributed by atoms with Gasteiger partial charge in [0.25, 0.3) is 5.91 Å². The van der Waals surface area contributed by atoms with Gasteiger partial charge in [-0.05, 0) is 18.6 Å². The van der Waals surface area contributed by atoms with E-state index in [1.54, 1.807) is 16.4 Å². The minimum absolute atomic E-state index is 0.138. The molecule has 0 spiro atoms. The molecule has 0 unspecified atom stereocenters. The smallest absolute Gasteiger partial charge is 0.273 e. The van der Waals surface area contributed by atoms with Crippen molar-refractivity contribution in [3.05, 3.63) is 57.4 Å². The Labute approximate surface area is 151 Å². The molecule has 1 aromatic heterocycles. The Morgan fingerprint density at radius 2 is 1.84 bits per heavy atom. The van der Waals surface area contributed by atoms with Crippen molar-refractivity contribution in [2.45, 2.75) is 6.92 Å². The standard InChI is InChI=1S/C17H19N3O3S2/c1-14-18-16(13-24-14)17(21)19-8-10-20(11-9-19)25(22,23)12-7-15-5-3-2-4-6-15/h2-7,12-13H,8-11H2,1H3/b12-7+. The van der Waals surface area contributed by atoms with E-state index in [4.69, 9.17) is 0 Å². The Balaban J connectivity index is 1.61. The van der Waals surface area contributed by atoms with Gasteiger partial charge in [-0.15, -0.1) is 11.3 Å². The van der Waals surface area contributed by atoms with Crippen molar-refractivity contribution in [3.8, 4) is 0 Å². The number of piperazine rings is 1. The van der Waals surface area contributed by atoms with Gasteiger partial charge in [0.2, 0.25) is 10.0 Å². The Morgan fingerprint density at radius 1 is 1.16 bits per heavy atom. The van der Waals surface area contributed by atoms with Gasteiger partial charge in [-0.1, -0.05) is 30.3 Å². The number of benzene rings is 1. The van der Waals surface area contributed by atoms with Crippen LogP contribution in [0.3, 0.4) is 0 Å². The number of thiazole rings is 1. The maximum Gasteiger partial charge on any atom is 0.273 e. The summed E-state index contributed by atoms with van der Waals surface area (Å²) >= 11 is 1.43. The monoisotopic (exact) mass is 377 g/mol. The van der Waals surface area contributed by atoms with Crippen LogP contribution in [-0.2, 0) is 10.0 Å². The third kappa shape index (κ3) is 4.33. The highest BCUT2D eigenvalue weighted by Gasteiger charge is 2.28. The number of rotatable bonds is 4. The number of amides is 1. The minimum atomic E-state index is -3.49. The van der Waals surface area contributed by atoms with Gasteiger partial charge in [-0.2, -0.15) is 4.31 Å². The van der Waals surface area contributed by atoms with E-state index in [1.165, 1.54) is 21.1 Å². The maximum absolute atomic E-state index is 12.4. The molecule has 0 radical (unpaired) electrons. The third-order valence-electron chi connectivity index (χ3n) is 3.96. The molecule has 0 atom stereocenters. The van der Waals surface area contributed by atoms with Gasteiger partial charge >= 0.3 is 0 Å². The van der Waals surface area contributed by atoms with Crippen LogP contribution in [0.4, 0.5) is 0 Å². The van der Waals surface area contributed by atoms with Crippen LogP contribution < -0.4 is 0 Å². The second kappa shape index (κ2) is 7.47. The van der Waals surface area contributed by atoms with Crippen LogP contribution >= 0.6 is 11.3 Å². The molecule has 25 heavy (non-hydrogen) atoms. The van der Waals surface area contributed by atoms with Crippen LogP contribution in [0.15, 0.2) is 41.1 Å². The minimum Gasteiger partial charge on any atom is -0.335 e. The summed E-state index contributed by atoms with van der Waals surface area (Å²) in [6, 6.07) is 9.29. The molecule has 0 bridgehead atoms. The highest BCUT2D eigenvalue weighted by Crippen LogP contribution is 2.15. The summed E-state index contributed by atoms with van der Waals surface area (Å²) < 4.78 is 26.3. The van der Waals surface area contributed by atoms with Gasteiger partial charge in [0.15, 0.2) is 0 Å². The van der Waals surface area contributed by atoms with Crippen LogP contribution in [0.1, 0.15) is 21.1 Å². The molecule has 1 amide bonds. The van der Waals surface area contributed by atoms with E-state index in [0.717, 1.165) is 10.6 Å². The van der Waals surface area contributed by atoms with Crippen molar-refractivity contribution in [2.75, 3.05) is 26.2 Å². The number of sulfonamides is 1. The van der Waals surface area contributed by atoms with Gasteiger partial charge in [0.1, 0.15) is 5.69 Å². The van der Waals surface area contributed by atoms with Gasteiger partial charge in [-0.3, -0.25) is 4.79 Å². The Hall–Kier alpha value is -2.03. The average molecular weight is 377 g/mol. The number of aryl methyl sites for hydroxylation is 1. The predicted octanol–water partition coefficient (Wildman–Crippen LogP) is 2.21. The molecule has 2 aromatic rings. The van der Waals surface area contributed by atoms with Gasteiger partial charge in [-0.25, -0.2) is 13.4 Å². The summed E-state index contributed by atoms with van der Waals surface area (Å²) in [6.45, 7) is 3.17. The normalized spacial score (nSPS) is 16.4. The van der Waals surface area contributed by atoms with Crippen LogP contribution in [-0.4, -0.2) is 54.7 Å². The lowest BCUT2D eigenvalue weighted by Gasteiger charge is -2.33. The number of hydrogen-bond acceptors (Lipinski definition) is 5. The van der Waals surface area contributed by atoms with Gasteiger partial charge < -0.3 is 4.90 Å². The predicted molar refractivity (Wildman–Crippen MR) is 98.7 cm³/mol. The molecule has 132 valence electrons. The van der Waals surface area contributed by atoms with Crippen LogP contribution in [0.25, 0.3) is 6.08 Å². The van der Waals surface area contributed by atoms with E-state index in [1.807, 2.05) is 37.3 Å². The number of nitrogens with zero attached hydrogens (tertiary/aromatic N) is 3. The highest BCUT2D eigenvalue weighted by atomic mass is 32.2. The average Bonchev–Trinajstić information content (AvgIpc) is 3.07. The number of carbonyl (C=O) groups excluding carboxylic acids is 1. The summed E-state index contributed by atoms with van der Waals surface area (Å²) in [4.78, 5) is 18.2. The Morgan fingerprint density at radius 3 is 2.44 bits per heavy atom. The zero-order valence-corrected chi connectivity index (χ0v) is 15.5. The summed E-state index contributed by atoms with van der Waals surface area (Å²) in [5.41, 5.74) is 1.27. The fraction of sp³-hybridized carbons (Fsp3) is 0.294. The summed E-state index contributed by atoms with van der Waals surface area (Å²) in [6.07, 6.45) is 1.59. The molecule has 8 heteroatoms. The van der Waals surface area contributed by atoms with Crippen molar-refractivity contribution in [3.63, 3.8) is 0 Å². The summed E-state index contributed by atoms with van der Waals surface area (Å²) in [5, 5.41) is 3.81. The van der Waals surface area contributed by atoms with Crippen LogP contribution in [0.5, 0.6) is 0 Å². The molecule has 2 heterocycles. The molecule has 0 N–H and O–H groups in total. The Kier molecular flexibility index (Phi) is 5.31. The molecule has 3 rings (SSSR count). The van der Waals surface area contributed by atoms with E-state index in [2.05, 4.69) is 4.98 Å². The zero-order chi connectivity index (χ0) is 17.9. The van der Waals surface area contributed by atoms with E-state index < -0.39 is 10.0 Å². The van der Waals surface area contributed by atoms with Crippen molar-refractivity contribution in [1.29, 1.82) is 0 Å². The number of hydrogen-bond donors (Lipinski definition) is 0. The molecule has 0 aliphatic carbocycles. The molecule has 1 aromatic carbocycles. The zero-order valence-electron chi connectivity index (χ0n) is 13.8. The number of aromatic nitrogens is 1. The second-order valence-electron chi connectivity index (χ2n) is 5.70. The largest absolute Gasteiger partial charge is 0.335 e. The molecule has 6 nitrogen and oxygen atoms in total. The first-order valence-electron chi connectivity index (χ1n) is 7.90. The second-order valence-corrected chi connectivity index (χ2v) is 8.58. The fourth-order valence-electron chi connectivity index (χ4n) is 2.58. The first-order chi connectivity index (χ1) is 12.0. The first-order valence-corrected chi connectivity index (χ1v) is 10.3. The van der Waals surface area contributed by atoms with Gasteiger partial charge in [0, 0.05) is 37.0 Å². The van der Waals surface area contributed by atoms with Crippen molar-refractivity contribution >= 4 is 33.3 Å². The van der Waals surface area contributed by atoms with Crippen molar-refractivity contribution < 1.29 is 13.2 Å². The topological polar surface area (TPSA) is 70.6 Å². The van der Waals surface area contributed by atoms with Crippen LogP contribution in [0, 0.1) is 6.92 Å². The molecule has 1 fully saturated rings. The van der Waals surface area contributed by atoms with E-state index in [-0.39, 0.29) is 19.0 Å². The molecule has 0 saturated carbocycles. The third-order valence-corrected chi connectivity index (χ3v) is 6.29. The number of carbonyl (C=O) groups is 1. The van der Waals surface area contributed by atoms with E-state index >= 15 is 0 Å². The SMILES string of the molecule is Cc1nc(C(=O)N2CCN(S(=O)(=O)/C=C/c3ccccc3)CC2)cs1. The molecular formula is C17H19N3O3S2. The molecule has 1 aliphatic heterocycles. The summed E-state index contributed by atoms with van der Waals surface area (Å²) in [5.74, 6) is -0.138. The lowest BCUT2D eigenvalue weighted by molar-refractivity contribution is 0.0693. The lowest BCUT2D eigenvalue weighted by atomic mass is 10.2. The highest BCUT2D eigenvalue weighted by molar-refractivity contribution is 7.92. The van der Waals surface area contributed by atoms with Crippen molar-refractivity contribution in [2.24, 2.45) is 0 Å². The lowest BCUT2D eigenvalue weighted by Crippen LogP contribution is -2.50. The van der Waals surface area contributed by atoms with Gasteiger partial charge in [0.05, 0.1) is 5.01 Å². The quantitative estimate of drug-likeness (QED) is 0.819.